The molecule has 0 bridgehead atoms. The molecule has 0 saturated carbocycles. The van der Waals surface area contributed by atoms with Gasteiger partial charge in [-0.05, 0) is 37.6 Å². The lowest BCUT2D eigenvalue weighted by Gasteiger charge is -2.14. The van der Waals surface area contributed by atoms with E-state index in [-0.39, 0.29) is 30.6 Å². The molecule has 128 valence electrons. The minimum absolute atomic E-state index is 0.128. The Kier molecular flexibility index (Phi) is 4.79. The molecule has 0 saturated heterocycles. The summed E-state index contributed by atoms with van der Waals surface area (Å²) in [6.45, 7) is 1.97. The molecule has 0 fully saturated rings. The number of benzene rings is 2. The van der Waals surface area contributed by atoms with Crippen molar-refractivity contribution in [1.29, 1.82) is 0 Å². The summed E-state index contributed by atoms with van der Waals surface area (Å²) in [5.41, 5.74) is 2.71. The highest BCUT2D eigenvalue weighted by molar-refractivity contribution is 6.09. The first-order chi connectivity index (χ1) is 12.0. The lowest BCUT2D eigenvalue weighted by atomic mass is 10.1. The standard InChI is InChI=1S/C19H19N3O3/c1-12-6-8-13(9-7-12)20-17(23)11-10-16-19(25)21-15-5-3-2-4-14(15)18(24)22-16/h2-9,16H,10-11H2,1H3,(H,20,23)(H,21,25)(H,22,24)/t16-/m0/s1. The van der Waals surface area contributed by atoms with Crippen molar-refractivity contribution in [3.05, 3.63) is 59.7 Å². The molecular weight excluding hydrogens is 318 g/mol. The van der Waals surface area contributed by atoms with E-state index in [2.05, 4.69) is 16.0 Å². The average molecular weight is 337 g/mol. The van der Waals surface area contributed by atoms with Crippen LogP contribution in [0.15, 0.2) is 48.5 Å². The minimum Gasteiger partial charge on any atom is -0.340 e. The van der Waals surface area contributed by atoms with Crippen LogP contribution in [0.1, 0.15) is 28.8 Å². The number of rotatable bonds is 4. The first kappa shape index (κ1) is 16.7. The number of aryl methyl sites for hydroxylation is 1. The summed E-state index contributed by atoms with van der Waals surface area (Å²) in [5.74, 6) is -0.841. The SMILES string of the molecule is Cc1ccc(NC(=O)CC[C@@H]2NC(=O)c3ccccc3NC2=O)cc1. The topological polar surface area (TPSA) is 87.3 Å². The highest BCUT2D eigenvalue weighted by atomic mass is 16.2. The van der Waals surface area contributed by atoms with Crippen molar-refractivity contribution in [2.24, 2.45) is 0 Å². The first-order valence-corrected chi connectivity index (χ1v) is 8.10. The van der Waals surface area contributed by atoms with Crippen LogP contribution in [0.5, 0.6) is 0 Å². The third-order valence-electron chi connectivity index (χ3n) is 4.05. The van der Waals surface area contributed by atoms with Gasteiger partial charge in [0.2, 0.25) is 11.8 Å². The monoisotopic (exact) mass is 337 g/mol. The molecule has 1 aliphatic rings. The Morgan fingerprint density at radius 2 is 1.80 bits per heavy atom. The number of amides is 3. The van der Waals surface area contributed by atoms with E-state index in [4.69, 9.17) is 0 Å². The van der Waals surface area contributed by atoms with Crippen molar-refractivity contribution in [2.75, 3.05) is 10.6 Å². The summed E-state index contributed by atoms with van der Waals surface area (Å²) in [4.78, 5) is 36.6. The maximum Gasteiger partial charge on any atom is 0.254 e. The zero-order valence-electron chi connectivity index (χ0n) is 13.8. The maximum atomic E-state index is 12.3. The van der Waals surface area contributed by atoms with E-state index in [0.29, 0.717) is 16.9 Å². The van der Waals surface area contributed by atoms with Crippen molar-refractivity contribution in [1.82, 2.24) is 5.32 Å². The lowest BCUT2D eigenvalue weighted by Crippen LogP contribution is -2.41. The highest BCUT2D eigenvalue weighted by Gasteiger charge is 2.27. The fourth-order valence-electron chi connectivity index (χ4n) is 2.65. The predicted octanol–water partition coefficient (Wildman–Crippen LogP) is 2.46. The van der Waals surface area contributed by atoms with E-state index >= 15 is 0 Å². The molecule has 1 atom stereocenters. The summed E-state index contributed by atoms with van der Waals surface area (Å²) >= 11 is 0. The largest absolute Gasteiger partial charge is 0.340 e. The number of fused-ring (bicyclic) bond motifs is 1. The average Bonchev–Trinajstić information content (AvgIpc) is 2.72. The Morgan fingerprint density at radius 1 is 1.08 bits per heavy atom. The van der Waals surface area contributed by atoms with Crippen LogP contribution in [-0.2, 0) is 9.59 Å². The molecule has 2 aromatic rings. The predicted molar refractivity (Wildman–Crippen MR) is 95.4 cm³/mol. The summed E-state index contributed by atoms with van der Waals surface area (Å²) < 4.78 is 0. The van der Waals surface area contributed by atoms with Crippen LogP contribution in [0, 0.1) is 6.92 Å². The highest BCUT2D eigenvalue weighted by Crippen LogP contribution is 2.19. The molecule has 1 aliphatic heterocycles. The van der Waals surface area contributed by atoms with E-state index in [1.54, 1.807) is 24.3 Å². The second kappa shape index (κ2) is 7.17. The third-order valence-corrected chi connectivity index (χ3v) is 4.05. The van der Waals surface area contributed by atoms with Crippen molar-refractivity contribution < 1.29 is 14.4 Å². The van der Waals surface area contributed by atoms with E-state index in [0.717, 1.165) is 5.56 Å². The fraction of sp³-hybridized carbons (Fsp3) is 0.211. The molecule has 3 rings (SSSR count). The fourth-order valence-corrected chi connectivity index (χ4v) is 2.65. The molecule has 25 heavy (non-hydrogen) atoms. The lowest BCUT2D eigenvalue weighted by molar-refractivity contribution is -0.118. The molecule has 1 heterocycles. The summed E-state index contributed by atoms with van der Waals surface area (Å²) in [6.07, 6.45) is 0.353. The zero-order chi connectivity index (χ0) is 17.8. The number of nitrogens with one attached hydrogen (secondary N) is 3. The number of hydrogen-bond acceptors (Lipinski definition) is 3. The van der Waals surface area contributed by atoms with Gasteiger partial charge in [-0.2, -0.15) is 0 Å². The molecule has 3 N–H and O–H groups in total. The molecule has 0 aromatic heterocycles. The number of carbonyl (C=O) groups is 3. The van der Waals surface area contributed by atoms with Crippen LogP contribution >= 0.6 is 0 Å². The van der Waals surface area contributed by atoms with Gasteiger partial charge in [0.25, 0.3) is 5.91 Å². The number of para-hydroxylation sites is 1. The van der Waals surface area contributed by atoms with Crippen LogP contribution in [0.2, 0.25) is 0 Å². The first-order valence-electron chi connectivity index (χ1n) is 8.10. The quantitative estimate of drug-likeness (QED) is 0.801. The molecule has 0 aliphatic carbocycles. The van der Waals surface area contributed by atoms with Crippen molar-refractivity contribution in [3.8, 4) is 0 Å². The van der Waals surface area contributed by atoms with Crippen LogP contribution in [-0.4, -0.2) is 23.8 Å². The van der Waals surface area contributed by atoms with Gasteiger partial charge >= 0.3 is 0 Å². The smallest absolute Gasteiger partial charge is 0.254 e. The molecule has 0 spiro atoms. The van der Waals surface area contributed by atoms with E-state index < -0.39 is 6.04 Å². The van der Waals surface area contributed by atoms with Crippen LogP contribution < -0.4 is 16.0 Å². The van der Waals surface area contributed by atoms with E-state index in [9.17, 15) is 14.4 Å². The van der Waals surface area contributed by atoms with E-state index in [1.807, 2.05) is 31.2 Å². The maximum absolute atomic E-state index is 12.3. The van der Waals surface area contributed by atoms with Crippen molar-refractivity contribution in [3.63, 3.8) is 0 Å². The summed E-state index contributed by atoms with van der Waals surface area (Å²) in [6, 6.07) is 13.5. The molecule has 6 nitrogen and oxygen atoms in total. The van der Waals surface area contributed by atoms with Gasteiger partial charge in [0, 0.05) is 12.1 Å². The third kappa shape index (κ3) is 4.03. The van der Waals surface area contributed by atoms with Gasteiger partial charge in [0.1, 0.15) is 6.04 Å². The van der Waals surface area contributed by atoms with Crippen LogP contribution in [0.25, 0.3) is 0 Å². The molecule has 0 radical (unpaired) electrons. The second-order valence-electron chi connectivity index (χ2n) is 6.01. The van der Waals surface area contributed by atoms with Gasteiger partial charge in [-0.15, -0.1) is 0 Å². The Bertz CT molecular complexity index is 815. The molecule has 2 aromatic carbocycles. The zero-order valence-corrected chi connectivity index (χ0v) is 13.8. The minimum atomic E-state index is -0.747. The van der Waals surface area contributed by atoms with Gasteiger partial charge in [-0.25, -0.2) is 0 Å². The number of hydrogen-bond donors (Lipinski definition) is 3. The van der Waals surface area contributed by atoms with Gasteiger partial charge in [-0.3, -0.25) is 14.4 Å². The molecule has 6 heteroatoms. The molecular formula is C19H19N3O3. The van der Waals surface area contributed by atoms with Crippen LogP contribution in [0.4, 0.5) is 11.4 Å². The van der Waals surface area contributed by atoms with Crippen LogP contribution in [0.3, 0.4) is 0 Å². The molecule has 3 amide bonds. The number of carbonyl (C=O) groups excluding carboxylic acids is 3. The Labute approximate surface area is 145 Å². The summed E-state index contributed by atoms with van der Waals surface area (Å²) in [7, 11) is 0. The van der Waals surface area contributed by atoms with Gasteiger partial charge in [-0.1, -0.05) is 29.8 Å². The normalized spacial score (nSPS) is 16.3. The summed E-state index contributed by atoms with van der Waals surface area (Å²) in [5, 5.41) is 8.19. The Morgan fingerprint density at radius 3 is 2.56 bits per heavy atom. The van der Waals surface area contributed by atoms with E-state index in [1.165, 1.54) is 0 Å². The van der Waals surface area contributed by atoms with Gasteiger partial charge < -0.3 is 16.0 Å². The molecule has 0 unspecified atom stereocenters. The Balaban J connectivity index is 1.59. The number of anilines is 2. The van der Waals surface area contributed by atoms with Gasteiger partial charge in [0.05, 0.1) is 11.3 Å². The Hall–Kier alpha value is -3.15. The van der Waals surface area contributed by atoms with Crippen molar-refractivity contribution >= 4 is 29.1 Å². The second-order valence-corrected chi connectivity index (χ2v) is 6.01. The van der Waals surface area contributed by atoms with Gasteiger partial charge in [0.15, 0.2) is 0 Å². The van der Waals surface area contributed by atoms with Crippen molar-refractivity contribution in [2.45, 2.75) is 25.8 Å².